The second-order valence-corrected chi connectivity index (χ2v) is 4.19. The van der Waals surface area contributed by atoms with Crippen LogP contribution in [0.3, 0.4) is 0 Å². The lowest BCUT2D eigenvalue weighted by Crippen LogP contribution is -2.50. The highest BCUT2D eigenvalue weighted by molar-refractivity contribution is 5.81. The fourth-order valence-corrected chi connectivity index (χ4v) is 1.90. The Labute approximate surface area is 91.8 Å². The number of carbonyl (C=O) groups excluding carboxylic acids is 1. The van der Waals surface area contributed by atoms with Crippen molar-refractivity contribution in [3.63, 3.8) is 0 Å². The average molecular weight is 214 g/mol. The number of piperidine rings is 1. The predicted molar refractivity (Wildman–Crippen MR) is 59.7 cm³/mol. The molecule has 1 fully saturated rings. The number of hydrogen-bond acceptors (Lipinski definition) is 3. The number of methoxy groups -OCH3 is 1. The second-order valence-electron chi connectivity index (χ2n) is 4.19. The molecule has 0 aromatic carbocycles. The first-order valence-corrected chi connectivity index (χ1v) is 5.76. The van der Waals surface area contributed by atoms with Gasteiger partial charge in [-0.15, -0.1) is 0 Å². The first-order chi connectivity index (χ1) is 7.24. The number of ether oxygens (including phenoxy) is 1. The van der Waals surface area contributed by atoms with Gasteiger partial charge in [-0.2, -0.15) is 0 Å². The molecular weight excluding hydrogens is 192 g/mol. The molecule has 0 saturated carbocycles. The van der Waals surface area contributed by atoms with E-state index in [1.54, 1.807) is 7.11 Å². The van der Waals surface area contributed by atoms with E-state index in [2.05, 4.69) is 17.6 Å². The van der Waals surface area contributed by atoms with Crippen LogP contribution in [0.4, 0.5) is 0 Å². The van der Waals surface area contributed by atoms with Crippen molar-refractivity contribution >= 4 is 5.91 Å². The first kappa shape index (κ1) is 12.5. The topological polar surface area (TPSA) is 50.4 Å². The van der Waals surface area contributed by atoms with Gasteiger partial charge in [-0.3, -0.25) is 4.79 Å². The largest absolute Gasteiger partial charge is 0.385 e. The molecule has 15 heavy (non-hydrogen) atoms. The highest BCUT2D eigenvalue weighted by Crippen LogP contribution is 2.12. The van der Waals surface area contributed by atoms with Crippen molar-refractivity contribution in [2.75, 3.05) is 20.3 Å². The van der Waals surface area contributed by atoms with Gasteiger partial charge in [0.1, 0.15) is 0 Å². The summed E-state index contributed by atoms with van der Waals surface area (Å²) in [5.41, 5.74) is 0. The molecule has 88 valence electrons. The van der Waals surface area contributed by atoms with Crippen molar-refractivity contribution in [2.24, 2.45) is 0 Å². The molecule has 0 aromatic heterocycles. The number of carbonyl (C=O) groups is 1. The minimum Gasteiger partial charge on any atom is -0.385 e. The summed E-state index contributed by atoms with van der Waals surface area (Å²) < 4.78 is 4.92. The van der Waals surface area contributed by atoms with Gasteiger partial charge in [-0.1, -0.05) is 0 Å². The van der Waals surface area contributed by atoms with Gasteiger partial charge in [0.15, 0.2) is 0 Å². The lowest BCUT2D eigenvalue weighted by Gasteiger charge is -2.27. The summed E-state index contributed by atoms with van der Waals surface area (Å²) in [6, 6.07) is 0.477. The van der Waals surface area contributed by atoms with Gasteiger partial charge in [0.05, 0.1) is 6.04 Å². The van der Waals surface area contributed by atoms with Gasteiger partial charge >= 0.3 is 0 Å². The van der Waals surface area contributed by atoms with E-state index in [0.29, 0.717) is 19.2 Å². The molecule has 1 saturated heterocycles. The molecule has 1 rings (SSSR count). The lowest BCUT2D eigenvalue weighted by molar-refractivity contribution is -0.124. The number of hydrogen-bond donors (Lipinski definition) is 2. The Kier molecular flexibility index (Phi) is 5.65. The maximum atomic E-state index is 11.7. The van der Waals surface area contributed by atoms with Gasteiger partial charge in [-0.25, -0.2) is 0 Å². The minimum absolute atomic E-state index is 0.0105. The molecule has 0 radical (unpaired) electrons. The Hall–Kier alpha value is -0.610. The van der Waals surface area contributed by atoms with Crippen molar-refractivity contribution < 1.29 is 9.53 Å². The van der Waals surface area contributed by atoms with E-state index in [-0.39, 0.29) is 11.9 Å². The molecule has 1 heterocycles. The summed E-state index contributed by atoms with van der Waals surface area (Å²) in [5.74, 6) is 0.137. The van der Waals surface area contributed by atoms with Crippen LogP contribution in [0.15, 0.2) is 0 Å². The zero-order chi connectivity index (χ0) is 11.1. The minimum atomic E-state index is 0.0105. The second kappa shape index (κ2) is 6.80. The van der Waals surface area contributed by atoms with Crippen LogP contribution in [-0.4, -0.2) is 38.3 Å². The predicted octanol–water partition coefficient (Wildman–Crippen LogP) is 0.670. The molecule has 2 N–H and O–H groups in total. The fraction of sp³-hybridized carbons (Fsp3) is 0.909. The number of rotatable bonds is 5. The lowest BCUT2D eigenvalue weighted by atomic mass is 9.99. The Morgan fingerprint density at radius 3 is 3.00 bits per heavy atom. The molecule has 4 heteroatoms. The fourth-order valence-electron chi connectivity index (χ4n) is 1.90. The molecule has 2 atom stereocenters. The van der Waals surface area contributed by atoms with Crippen LogP contribution < -0.4 is 10.6 Å². The third kappa shape index (κ3) is 4.62. The highest BCUT2D eigenvalue weighted by atomic mass is 16.5. The van der Waals surface area contributed by atoms with E-state index in [9.17, 15) is 4.79 Å². The van der Waals surface area contributed by atoms with Crippen LogP contribution in [0.1, 0.15) is 32.6 Å². The third-order valence-corrected chi connectivity index (χ3v) is 2.76. The van der Waals surface area contributed by atoms with E-state index in [4.69, 9.17) is 4.74 Å². The van der Waals surface area contributed by atoms with Crippen LogP contribution in [0.5, 0.6) is 0 Å². The van der Waals surface area contributed by atoms with Crippen molar-refractivity contribution in [3.05, 3.63) is 0 Å². The summed E-state index contributed by atoms with van der Waals surface area (Å²) in [4.78, 5) is 11.7. The van der Waals surface area contributed by atoms with E-state index in [1.807, 2.05) is 0 Å². The van der Waals surface area contributed by atoms with Crippen LogP contribution in [-0.2, 0) is 9.53 Å². The Morgan fingerprint density at radius 1 is 1.53 bits per heavy atom. The van der Waals surface area contributed by atoms with Crippen LogP contribution in [0.25, 0.3) is 0 Å². The number of amides is 1. The van der Waals surface area contributed by atoms with Crippen molar-refractivity contribution in [1.29, 1.82) is 0 Å². The molecule has 2 unspecified atom stereocenters. The van der Waals surface area contributed by atoms with Gasteiger partial charge in [0.2, 0.25) is 5.91 Å². The summed E-state index contributed by atoms with van der Waals surface area (Å²) in [6.07, 6.45) is 4.16. The standard InChI is InChI=1S/C11H22N2O2/c1-9-5-3-6-10(13-9)11(14)12-7-4-8-15-2/h9-10,13H,3-8H2,1-2H3,(H,12,14). The number of nitrogens with one attached hydrogen (secondary N) is 2. The van der Waals surface area contributed by atoms with Crippen molar-refractivity contribution in [1.82, 2.24) is 10.6 Å². The summed E-state index contributed by atoms with van der Waals surface area (Å²) >= 11 is 0. The Bertz CT molecular complexity index is 197. The van der Waals surface area contributed by atoms with E-state index in [0.717, 1.165) is 19.3 Å². The van der Waals surface area contributed by atoms with Gasteiger partial charge in [-0.05, 0) is 32.6 Å². The van der Waals surface area contributed by atoms with Crippen LogP contribution in [0, 0.1) is 0 Å². The van der Waals surface area contributed by atoms with Gasteiger partial charge < -0.3 is 15.4 Å². The molecule has 0 spiro atoms. The first-order valence-electron chi connectivity index (χ1n) is 5.76. The van der Waals surface area contributed by atoms with Crippen LogP contribution >= 0.6 is 0 Å². The molecule has 0 aromatic rings. The quantitative estimate of drug-likeness (QED) is 0.661. The Balaban J connectivity index is 2.15. The Morgan fingerprint density at radius 2 is 2.33 bits per heavy atom. The average Bonchev–Trinajstić information content (AvgIpc) is 2.24. The monoisotopic (exact) mass is 214 g/mol. The molecule has 4 nitrogen and oxygen atoms in total. The molecule has 0 bridgehead atoms. The summed E-state index contributed by atoms with van der Waals surface area (Å²) in [6.45, 7) is 3.54. The summed E-state index contributed by atoms with van der Waals surface area (Å²) in [7, 11) is 1.67. The van der Waals surface area contributed by atoms with Gasteiger partial charge in [0.25, 0.3) is 0 Å². The van der Waals surface area contributed by atoms with Crippen LogP contribution in [0.2, 0.25) is 0 Å². The zero-order valence-corrected chi connectivity index (χ0v) is 9.71. The van der Waals surface area contributed by atoms with E-state index >= 15 is 0 Å². The highest BCUT2D eigenvalue weighted by Gasteiger charge is 2.23. The maximum absolute atomic E-state index is 11.7. The normalized spacial score (nSPS) is 26.3. The molecule has 1 amide bonds. The molecular formula is C11H22N2O2. The zero-order valence-electron chi connectivity index (χ0n) is 9.71. The molecule has 1 aliphatic heterocycles. The third-order valence-electron chi connectivity index (χ3n) is 2.76. The molecule has 1 aliphatic rings. The molecule has 0 aliphatic carbocycles. The smallest absolute Gasteiger partial charge is 0.237 e. The van der Waals surface area contributed by atoms with Crippen molar-refractivity contribution in [2.45, 2.75) is 44.7 Å². The maximum Gasteiger partial charge on any atom is 0.237 e. The van der Waals surface area contributed by atoms with Crippen molar-refractivity contribution in [3.8, 4) is 0 Å². The van der Waals surface area contributed by atoms with E-state index < -0.39 is 0 Å². The van der Waals surface area contributed by atoms with Gasteiger partial charge in [0, 0.05) is 26.3 Å². The summed E-state index contributed by atoms with van der Waals surface area (Å²) in [5, 5.41) is 6.24. The SMILES string of the molecule is COCCCNC(=O)C1CCCC(C)N1. The van der Waals surface area contributed by atoms with E-state index in [1.165, 1.54) is 6.42 Å².